The average Bonchev–Trinajstić information content (AvgIpc) is 2.66. The first-order valence-electron chi connectivity index (χ1n) is 5.64. The minimum atomic E-state index is 0.412. The van der Waals surface area contributed by atoms with E-state index in [2.05, 4.69) is 9.97 Å². The Balaban J connectivity index is 2.06. The van der Waals surface area contributed by atoms with Crippen molar-refractivity contribution in [3.63, 3.8) is 0 Å². The van der Waals surface area contributed by atoms with E-state index in [-0.39, 0.29) is 0 Å². The summed E-state index contributed by atoms with van der Waals surface area (Å²) in [7, 11) is 1.82. The molecule has 2 N–H and O–H groups in total. The fourth-order valence-electron chi connectivity index (χ4n) is 1.89. The SMILES string of the molecule is Cn1c(N)nc2cc(Oc3cccnc3)cc(Cl)c21. The number of fused-ring (bicyclic) bond motifs is 1. The van der Waals surface area contributed by atoms with Gasteiger partial charge in [0.15, 0.2) is 0 Å². The van der Waals surface area contributed by atoms with Crippen molar-refractivity contribution in [1.29, 1.82) is 0 Å². The van der Waals surface area contributed by atoms with Gasteiger partial charge in [0.25, 0.3) is 0 Å². The van der Waals surface area contributed by atoms with Gasteiger partial charge in [-0.15, -0.1) is 0 Å². The Labute approximate surface area is 114 Å². The van der Waals surface area contributed by atoms with Crippen LogP contribution in [0.25, 0.3) is 11.0 Å². The molecule has 5 nitrogen and oxygen atoms in total. The monoisotopic (exact) mass is 274 g/mol. The molecule has 96 valence electrons. The van der Waals surface area contributed by atoms with Crippen molar-refractivity contribution in [1.82, 2.24) is 14.5 Å². The topological polar surface area (TPSA) is 66.0 Å². The molecule has 6 heteroatoms. The molecule has 2 aromatic heterocycles. The highest BCUT2D eigenvalue weighted by atomic mass is 35.5. The normalized spacial score (nSPS) is 10.8. The van der Waals surface area contributed by atoms with Crippen molar-refractivity contribution in [3.05, 3.63) is 41.7 Å². The first-order valence-corrected chi connectivity index (χ1v) is 6.02. The lowest BCUT2D eigenvalue weighted by Gasteiger charge is -2.06. The van der Waals surface area contributed by atoms with Gasteiger partial charge < -0.3 is 15.0 Å². The summed E-state index contributed by atoms with van der Waals surface area (Å²) in [5.41, 5.74) is 7.26. The molecule has 0 aliphatic heterocycles. The van der Waals surface area contributed by atoms with E-state index in [4.69, 9.17) is 22.1 Å². The Morgan fingerprint density at radius 3 is 2.89 bits per heavy atom. The van der Waals surface area contributed by atoms with E-state index in [1.54, 1.807) is 35.2 Å². The van der Waals surface area contributed by atoms with Crippen LogP contribution in [0, 0.1) is 0 Å². The van der Waals surface area contributed by atoms with Crippen molar-refractivity contribution in [3.8, 4) is 11.5 Å². The molecule has 0 amide bonds. The first-order chi connectivity index (χ1) is 9.15. The summed E-state index contributed by atoms with van der Waals surface area (Å²) < 4.78 is 7.42. The Morgan fingerprint density at radius 1 is 1.32 bits per heavy atom. The molecular weight excluding hydrogens is 264 g/mol. The van der Waals surface area contributed by atoms with Crippen LogP contribution < -0.4 is 10.5 Å². The summed E-state index contributed by atoms with van der Waals surface area (Å²) in [6.45, 7) is 0. The summed E-state index contributed by atoms with van der Waals surface area (Å²) in [6, 6.07) is 7.15. The largest absolute Gasteiger partial charge is 0.456 e. The number of pyridine rings is 1. The number of halogens is 1. The number of hydrogen-bond donors (Lipinski definition) is 1. The van der Waals surface area contributed by atoms with E-state index >= 15 is 0 Å². The molecule has 0 atom stereocenters. The lowest BCUT2D eigenvalue weighted by molar-refractivity contribution is 0.481. The van der Waals surface area contributed by atoms with E-state index in [9.17, 15) is 0 Å². The summed E-state index contributed by atoms with van der Waals surface area (Å²) in [6.07, 6.45) is 3.31. The molecule has 0 aliphatic carbocycles. The van der Waals surface area contributed by atoms with Crippen molar-refractivity contribution in [2.75, 3.05) is 5.73 Å². The molecule has 0 fully saturated rings. The molecule has 3 aromatic rings. The number of nitrogens with zero attached hydrogens (tertiary/aromatic N) is 3. The van der Waals surface area contributed by atoms with E-state index in [0.717, 1.165) is 5.52 Å². The molecule has 0 saturated heterocycles. The van der Waals surface area contributed by atoms with Gasteiger partial charge in [-0.1, -0.05) is 11.6 Å². The molecule has 1 aromatic carbocycles. The van der Waals surface area contributed by atoms with Gasteiger partial charge >= 0.3 is 0 Å². The Kier molecular flexibility index (Phi) is 2.76. The van der Waals surface area contributed by atoms with E-state index in [0.29, 0.717) is 28.0 Å². The van der Waals surface area contributed by atoms with Crippen molar-refractivity contribution in [2.24, 2.45) is 7.05 Å². The number of aryl methyl sites for hydroxylation is 1. The van der Waals surface area contributed by atoms with Gasteiger partial charge in [-0.05, 0) is 12.1 Å². The standard InChI is InChI=1S/C13H11ClN4O/c1-18-12-10(14)5-9(6-11(12)17-13(18)15)19-8-3-2-4-16-7-8/h2-7H,1H3,(H2,15,17). The van der Waals surface area contributed by atoms with Crippen LogP contribution in [0.3, 0.4) is 0 Å². The van der Waals surface area contributed by atoms with Crippen LogP contribution in [0.2, 0.25) is 5.02 Å². The zero-order chi connectivity index (χ0) is 13.4. The van der Waals surface area contributed by atoms with Crippen LogP contribution in [0.15, 0.2) is 36.7 Å². The number of rotatable bonds is 2. The second-order valence-corrected chi connectivity index (χ2v) is 4.50. The number of nitrogens with two attached hydrogens (primary N) is 1. The third-order valence-electron chi connectivity index (χ3n) is 2.80. The number of anilines is 1. The van der Waals surface area contributed by atoms with E-state index in [1.807, 2.05) is 13.1 Å². The fraction of sp³-hybridized carbons (Fsp3) is 0.0769. The van der Waals surface area contributed by atoms with Gasteiger partial charge in [0.1, 0.15) is 11.5 Å². The quantitative estimate of drug-likeness (QED) is 0.780. The van der Waals surface area contributed by atoms with E-state index < -0.39 is 0 Å². The van der Waals surface area contributed by atoms with Gasteiger partial charge in [-0.25, -0.2) is 4.98 Å². The fourth-order valence-corrected chi connectivity index (χ4v) is 2.22. The molecule has 0 radical (unpaired) electrons. The van der Waals surface area contributed by atoms with Crippen molar-refractivity contribution >= 4 is 28.6 Å². The van der Waals surface area contributed by atoms with Gasteiger partial charge in [-0.2, -0.15) is 0 Å². The average molecular weight is 275 g/mol. The number of imidazole rings is 1. The number of benzene rings is 1. The summed E-state index contributed by atoms with van der Waals surface area (Å²) in [4.78, 5) is 8.22. The second kappa shape index (κ2) is 4.44. The maximum atomic E-state index is 6.24. The molecule has 0 unspecified atom stereocenters. The van der Waals surface area contributed by atoms with Gasteiger partial charge in [0.2, 0.25) is 5.95 Å². The van der Waals surface area contributed by atoms with Gasteiger partial charge in [-0.3, -0.25) is 4.98 Å². The minimum Gasteiger partial charge on any atom is -0.456 e. The summed E-state index contributed by atoms with van der Waals surface area (Å²) in [5, 5.41) is 0.545. The molecule has 0 spiro atoms. The summed E-state index contributed by atoms with van der Waals surface area (Å²) >= 11 is 6.24. The molecular formula is C13H11ClN4O. The Bertz CT molecular complexity index is 739. The maximum absolute atomic E-state index is 6.24. The number of aromatic nitrogens is 3. The highest BCUT2D eigenvalue weighted by Crippen LogP contribution is 2.32. The molecule has 2 heterocycles. The second-order valence-electron chi connectivity index (χ2n) is 4.09. The van der Waals surface area contributed by atoms with Crippen LogP contribution in [-0.2, 0) is 7.05 Å². The number of nitrogen functional groups attached to an aromatic ring is 1. The van der Waals surface area contributed by atoms with Gasteiger partial charge in [0, 0.05) is 25.4 Å². The Hall–Kier alpha value is -2.27. The third kappa shape index (κ3) is 2.08. The highest BCUT2D eigenvalue weighted by molar-refractivity contribution is 6.35. The number of hydrogen-bond acceptors (Lipinski definition) is 4. The van der Waals surface area contributed by atoms with Gasteiger partial charge in [0.05, 0.1) is 22.3 Å². The Morgan fingerprint density at radius 2 is 2.16 bits per heavy atom. The first kappa shape index (κ1) is 11.8. The molecule has 0 aliphatic rings. The number of ether oxygens (including phenoxy) is 1. The predicted molar refractivity (Wildman–Crippen MR) is 74.4 cm³/mol. The summed E-state index contributed by atoms with van der Waals surface area (Å²) in [5.74, 6) is 1.65. The smallest absolute Gasteiger partial charge is 0.200 e. The molecule has 0 saturated carbocycles. The van der Waals surface area contributed by atoms with Crippen LogP contribution in [0.4, 0.5) is 5.95 Å². The van der Waals surface area contributed by atoms with Crippen molar-refractivity contribution in [2.45, 2.75) is 0 Å². The molecule has 3 rings (SSSR count). The predicted octanol–water partition coefficient (Wildman–Crippen LogP) is 3.00. The van der Waals surface area contributed by atoms with Crippen LogP contribution in [-0.4, -0.2) is 14.5 Å². The highest BCUT2D eigenvalue weighted by Gasteiger charge is 2.11. The lowest BCUT2D eigenvalue weighted by atomic mass is 10.3. The van der Waals surface area contributed by atoms with E-state index in [1.165, 1.54) is 0 Å². The van der Waals surface area contributed by atoms with Crippen LogP contribution >= 0.6 is 11.6 Å². The molecule has 0 bridgehead atoms. The minimum absolute atomic E-state index is 0.412. The zero-order valence-corrected chi connectivity index (χ0v) is 10.9. The third-order valence-corrected chi connectivity index (χ3v) is 3.09. The molecule has 19 heavy (non-hydrogen) atoms. The van der Waals surface area contributed by atoms with Crippen LogP contribution in [0.5, 0.6) is 11.5 Å². The van der Waals surface area contributed by atoms with Crippen molar-refractivity contribution < 1.29 is 4.74 Å². The van der Waals surface area contributed by atoms with Crippen LogP contribution in [0.1, 0.15) is 0 Å². The zero-order valence-electron chi connectivity index (χ0n) is 10.2. The maximum Gasteiger partial charge on any atom is 0.200 e. The lowest BCUT2D eigenvalue weighted by Crippen LogP contribution is -1.96.